The van der Waals surface area contributed by atoms with Gasteiger partial charge in [-0.05, 0) is 19.3 Å². The molecule has 3 rings (SSSR count). The van der Waals surface area contributed by atoms with E-state index in [1.807, 2.05) is 30.3 Å². The number of carbonyl (C=O) groups excluding carboxylic acids is 1. The summed E-state index contributed by atoms with van der Waals surface area (Å²) in [4.78, 5) is 16.2. The van der Waals surface area contributed by atoms with Gasteiger partial charge in [-0.1, -0.05) is 41.7 Å². The zero-order valence-corrected chi connectivity index (χ0v) is 14.9. The smallest absolute Gasteiger partial charge is 0.273 e. The molecule has 4 N–H and O–H groups in total. The van der Waals surface area contributed by atoms with E-state index < -0.39 is 11.5 Å². The van der Waals surface area contributed by atoms with Gasteiger partial charge in [0, 0.05) is 5.56 Å². The van der Waals surface area contributed by atoms with Crippen molar-refractivity contribution in [3.05, 3.63) is 35.3 Å². The number of hydrogen-bond acceptors (Lipinski definition) is 8. The summed E-state index contributed by atoms with van der Waals surface area (Å²) in [7, 11) is 0. The molecular formula is C17H20N6O2S. The van der Waals surface area contributed by atoms with Gasteiger partial charge < -0.3 is 16.3 Å². The summed E-state index contributed by atoms with van der Waals surface area (Å²) in [5.41, 5.74) is 0.237. The zero-order chi connectivity index (χ0) is 18.4. The second kappa shape index (κ2) is 8.15. The van der Waals surface area contributed by atoms with E-state index in [4.69, 9.17) is 5.84 Å². The number of nitrogens with zero attached hydrogens (tertiary/aromatic N) is 4. The van der Waals surface area contributed by atoms with Crippen LogP contribution in [0.1, 0.15) is 24.3 Å². The fraction of sp³-hybridized carbons (Fsp3) is 0.353. The van der Waals surface area contributed by atoms with Crippen LogP contribution < -0.4 is 11.2 Å². The minimum absolute atomic E-state index is 0.000668. The maximum atomic E-state index is 12.1. The van der Waals surface area contributed by atoms with Crippen molar-refractivity contribution in [2.75, 3.05) is 6.54 Å². The predicted octanol–water partition coefficient (Wildman–Crippen LogP) is 1.12. The van der Waals surface area contributed by atoms with Crippen LogP contribution >= 0.6 is 11.3 Å². The Morgan fingerprint density at radius 3 is 2.77 bits per heavy atom. The van der Waals surface area contributed by atoms with Gasteiger partial charge in [0.15, 0.2) is 5.71 Å². The fourth-order valence-electron chi connectivity index (χ4n) is 2.46. The molecule has 9 heteroatoms. The summed E-state index contributed by atoms with van der Waals surface area (Å²) in [6, 6.07) is 9.71. The lowest BCUT2D eigenvalue weighted by Crippen LogP contribution is -2.40. The van der Waals surface area contributed by atoms with E-state index in [-0.39, 0.29) is 18.8 Å². The number of carbonyl (C=O) groups is 1. The van der Waals surface area contributed by atoms with Crippen molar-refractivity contribution >= 4 is 29.2 Å². The zero-order valence-electron chi connectivity index (χ0n) is 14.1. The van der Waals surface area contributed by atoms with Crippen molar-refractivity contribution < 1.29 is 9.90 Å². The molecule has 0 atom stereocenters. The van der Waals surface area contributed by atoms with Gasteiger partial charge in [0.05, 0.1) is 24.9 Å². The molecule has 1 aromatic heterocycles. The van der Waals surface area contributed by atoms with Crippen LogP contribution in [0.3, 0.4) is 0 Å². The number of nitrogens with one attached hydrogen (secondary N) is 1. The molecule has 26 heavy (non-hydrogen) atoms. The second-order valence-electron chi connectivity index (χ2n) is 6.11. The third-order valence-corrected chi connectivity index (χ3v) is 5.12. The van der Waals surface area contributed by atoms with Crippen molar-refractivity contribution in [2.24, 2.45) is 15.9 Å². The molecule has 1 aliphatic carbocycles. The first-order chi connectivity index (χ1) is 12.6. The molecule has 1 amide bonds. The summed E-state index contributed by atoms with van der Waals surface area (Å²) < 4.78 is 0. The van der Waals surface area contributed by atoms with Crippen molar-refractivity contribution in [1.82, 2.24) is 15.5 Å². The third-order valence-electron chi connectivity index (χ3n) is 4.14. The lowest BCUT2D eigenvalue weighted by Gasteiger charge is -2.34. The van der Waals surface area contributed by atoms with Gasteiger partial charge in [-0.3, -0.25) is 9.79 Å². The predicted molar refractivity (Wildman–Crippen MR) is 101 cm³/mol. The molecular weight excluding hydrogens is 352 g/mol. The molecule has 1 fully saturated rings. The van der Waals surface area contributed by atoms with E-state index in [1.165, 1.54) is 17.6 Å². The van der Waals surface area contributed by atoms with Gasteiger partial charge in [0.1, 0.15) is 10.0 Å². The van der Waals surface area contributed by atoms with Gasteiger partial charge in [-0.2, -0.15) is 5.10 Å². The van der Waals surface area contributed by atoms with Crippen molar-refractivity contribution in [2.45, 2.75) is 31.4 Å². The van der Waals surface area contributed by atoms with Crippen molar-refractivity contribution in [1.29, 1.82) is 0 Å². The van der Waals surface area contributed by atoms with Crippen LogP contribution in [0.4, 0.5) is 0 Å². The van der Waals surface area contributed by atoms with E-state index >= 15 is 0 Å². The maximum Gasteiger partial charge on any atom is 0.273 e. The minimum atomic E-state index is -0.743. The highest BCUT2D eigenvalue weighted by atomic mass is 32.1. The van der Waals surface area contributed by atoms with Gasteiger partial charge >= 0.3 is 0 Å². The first kappa shape index (κ1) is 18.2. The normalized spacial score (nSPS) is 16.4. The highest BCUT2D eigenvalue weighted by molar-refractivity contribution is 7.14. The molecule has 1 heterocycles. The number of aliphatic hydroxyl groups is 1. The molecule has 0 radical (unpaired) electrons. The van der Waals surface area contributed by atoms with E-state index in [9.17, 15) is 9.90 Å². The largest absolute Gasteiger partial charge is 0.388 e. The van der Waals surface area contributed by atoms with Crippen LogP contribution in [0.5, 0.6) is 0 Å². The van der Waals surface area contributed by atoms with Crippen LogP contribution in [0, 0.1) is 0 Å². The first-order valence-corrected chi connectivity index (χ1v) is 9.07. The highest BCUT2D eigenvalue weighted by Crippen LogP contribution is 2.31. The van der Waals surface area contributed by atoms with Crippen LogP contribution in [0.15, 0.2) is 40.4 Å². The van der Waals surface area contributed by atoms with Crippen LogP contribution in [0.2, 0.25) is 0 Å². The van der Waals surface area contributed by atoms with Gasteiger partial charge in [-0.15, -0.1) is 10.2 Å². The molecule has 1 aromatic carbocycles. The summed E-state index contributed by atoms with van der Waals surface area (Å²) >= 11 is 1.40. The molecule has 0 spiro atoms. The molecule has 0 unspecified atom stereocenters. The molecule has 2 aromatic rings. The second-order valence-corrected chi connectivity index (χ2v) is 7.17. The molecule has 0 bridgehead atoms. The summed E-state index contributed by atoms with van der Waals surface area (Å²) in [6.45, 7) is 0.469. The van der Waals surface area contributed by atoms with Crippen LogP contribution in [-0.2, 0) is 11.3 Å². The number of hydrazone groups is 1. The van der Waals surface area contributed by atoms with Gasteiger partial charge in [0.2, 0.25) is 0 Å². The van der Waals surface area contributed by atoms with E-state index in [2.05, 4.69) is 25.6 Å². The number of nitrogens with two attached hydrogens (primary N) is 1. The number of aliphatic imine (C=N–C) groups is 1. The average Bonchev–Trinajstić information content (AvgIpc) is 3.11. The Morgan fingerprint density at radius 2 is 2.12 bits per heavy atom. The van der Waals surface area contributed by atoms with Gasteiger partial charge in [-0.25, -0.2) is 0 Å². The molecule has 136 valence electrons. The average molecular weight is 372 g/mol. The first-order valence-electron chi connectivity index (χ1n) is 8.26. The summed E-state index contributed by atoms with van der Waals surface area (Å²) in [6.07, 6.45) is 3.75. The lowest BCUT2D eigenvalue weighted by atomic mass is 9.80. The van der Waals surface area contributed by atoms with Gasteiger partial charge in [0.25, 0.3) is 5.91 Å². The SMILES string of the molecule is N/N=C(\C=NCC1(O)CCC1)C(=O)NCc1nnc(-c2ccccc2)s1. The van der Waals surface area contributed by atoms with E-state index in [0.717, 1.165) is 29.8 Å². The number of aromatic nitrogens is 2. The number of rotatable bonds is 7. The van der Waals surface area contributed by atoms with Crippen molar-refractivity contribution in [3.8, 4) is 10.6 Å². The third kappa shape index (κ3) is 4.50. The molecule has 8 nitrogen and oxygen atoms in total. The lowest BCUT2D eigenvalue weighted by molar-refractivity contribution is -0.114. The molecule has 1 saturated carbocycles. The summed E-state index contributed by atoms with van der Waals surface area (Å²) in [5, 5.41) is 25.8. The topological polar surface area (TPSA) is 126 Å². The molecule has 0 saturated heterocycles. The van der Waals surface area contributed by atoms with E-state index in [1.54, 1.807) is 0 Å². The minimum Gasteiger partial charge on any atom is -0.388 e. The Bertz CT molecular complexity index is 814. The molecule has 1 aliphatic rings. The van der Waals surface area contributed by atoms with Crippen molar-refractivity contribution in [3.63, 3.8) is 0 Å². The number of benzene rings is 1. The Hall–Kier alpha value is -2.65. The Labute approximate surface area is 154 Å². The fourth-order valence-corrected chi connectivity index (χ4v) is 3.25. The monoisotopic (exact) mass is 372 g/mol. The molecule has 0 aliphatic heterocycles. The standard InChI is InChI=1S/C17H20N6O2S/c18-21-13(9-19-11-17(25)7-4-8-17)15(24)20-10-14-22-23-16(26-14)12-5-2-1-3-6-12/h1-3,5-6,9,25H,4,7-8,10-11,18H2,(H,20,24)/b19-9?,21-13+. The van der Waals surface area contributed by atoms with Crippen LogP contribution in [-0.4, -0.2) is 45.3 Å². The Kier molecular flexibility index (Phi) is 5.69. The highest BCUT2D eigenvalue weighted by Gasteiger charge is 2.33. The van der Waals surface area contributed by atoms with Crippen LogP contribution in [0.25, 0.3) is 10.6 Å². The quantitative estimate of drug-likeness (QED) is 0.381. The number of amides is 1. The summed E-state index contributed by atoms with van der Waals surface area (Å²) in [5.74, 6) is 4.82. The Balaban J connectivity index is 1.52. The number of hydrogen-bond donors (Lipinski definition) is 3. The van der Waals surface area contributed by atoms with E-state index in [0.29, 0.717) is 5.01 Å². The maximum absolute atomic E-state index is 12.1. The Morgan fingerprint density at radius 1 is 1.35 bits per heavy atom.